The summed E-state index contributed by atoms with van der Waals surface area (Å²) < 4.78 is 0. The lowest BCUT2D eigenvalue weighted by atomic mass is 9.95. The number of carbonyl (C=O) groups excluding carboxylic acids is 2. The van der Waals surface area contributed by atoms with E-state index in [4.69, 9.17) is 34.4 Å². The number of nitrogens with zero attached hydrogens (tertiary/aromatic N) is 3. The monoisotopic (exact) mass is 567 g/mol. The third-order valence-corrected chi connectivity index (χ3v) is 6.19. The molecule has 0 aliphatic rings. The maximum Gasteiger partial charge on any atom is 0.245 e. The zero-order valence-electron chi connectivity index (χ0n) is 23.4. The van der Waals surface area contributed by atoms with E-state index in [0.29, 0.717) is 6.42 Å². The number of aliphatic imine (C=N–C) groups is 3. The molecule has 222 valence electrons. The predicted molar refractivity (Wildman–Crippen MR) is 161 cm³/mol. The maximum atomic E-state index is 13.4. The van der Waals surface area contributed by atoms with Gasteiger partial charge in [0, 0.05) is 19.5 Å². The summed E-state index contributed by atoms with van der Waals surface area (Å²) in [6, 6.07) is 10.2. The van der Waals surface area contributed by atoms with Crippen LogP contribution in [0.1, 0.15) is 28.7 Å². The highest BCUT2D eigenvalue weighted by atomic mass is 16.3. The normalized spacial score (nSPS) is 12.7. The van der Waals surface area contributed by atoms with Gasteiger partial charge in [-0.3, -0.25) is 14.6 Å². The first-order valence-electron chi connectivity index (χ1n) is 13.0. The quantitative estimate of drug-likeness (QED) is 0.0932. The molecule has 2 aromatic carbocycles. The molecule has 0 heterocycles. The molecular weight excluding hydrogens is 526 g/mol. The molecule has 3 atom stereocenters. The van der Waals surface area contributed by atoms with Gasteiger partial charge in [0.15, 0.2) is 17.9 Å². The Bertz CT molecular complexity index is 1240. The van der Waals surface area contributed by atoms with Crippen LogP contribution >= 0.6 is 0 Å². The molecule has 14 nitrogen and oxygen atoms in total. The third-order valence-electron chi connectivity index (χ3n) is 6.19. The van der Waals surface area contributed by atoms with E-state index in [1.54, 1.807) is 26.0 Å². The summed E-state index contributed by atoms with van der Waals surface area (Å²) in [6.07, 6.45) is 0.697. The number of nitrogens with two attached hydrogens (primary N) is 6. The maximum absolute atomic E-state index is 13.4. The first-order valence-corrected chi connectivity index (χ1v) is 13.0. The van der Waals surface area contributed by atoms with E-state index in [1.807, 2.05) is 30.3 Å². The van der Waals surface area contributed by atoms with Crippen LogP contribution in [0.15, 0.2) is 57.4 Å². The lowest BCUT2D eigenvalue weighted by Crippen LogP contribution is -2.51. The molecule has 0 fully saturated rings. The number of aryl methyl sites for hydroxylation is 2. The van der Waals surface area contributed by atoms with Gasteiger partial charge in [-0.1, -0.05) is 30.3 Å². The standard InChI is InChI=1S/C27H41N11O3/c1-15-10-19(39)11-16(2)20(15)13-22(38-27(32)33)24(41)37-21(8-9-34-25(28)29)23(40)35-14-18(36-26(30)31)12-17-6-4-3-5-7-17/h3-7,10-11,18,21-22,39H,8-9,12-14H2,1-2H3,(H,35,40)(H,37,41)(H4,28,29,34)(H4,30,31,36)(H4,32,33,38). The van der Waals surface area contributed by atoms with Crippen LogP contribution in [0.5, 0.6) is 5.75 Å². The molecule has 0 aliphatic heterocycles. The minimum atomic E-state index is -1.05. The fourth-order valence-electron chi connectivity index (χ4n) is 4.32. The third kappa shape index (κ3) is 11.3. The molecule has 0 saturated heterocycles. The van der Waals surface area contributed by atoms with Gasteiger partial charge >= 0.3 is 0 Å². The van der Waals surface area contributed by atoms with Crippen molar-refractivity contribution in [2.24, 2.45) is 49.4 Å². The van der Waals surface area contributed by atoms with E-state index in [-0.39, 0.29) is 49.6 Å². The molecule has 0 radical (unpaired) electrons. The van der Waals surface area contributed by atoms with E-state index in [1.165, 1.54) is 0 Å². The highest BCUT2D eigenvalue weighted by Gasteiger charge is 2.27. The molecule has 3 unspecified atom stereocenters. The summed E-state index contributed by atoms with van der Waals surface area (Å²) in [7, 11) is 0. The number of phenols is 1. The average Bonchev–Trinajstić information content (AvgIpc) is 2.87. The fourth-order valence-corrected chi connectivity index (χ4v) is 4.32. The molecule has 0 bridgehead atoms. The molecule has 2 rings (SSSR count). The van der Waals surface area contributed by atoms with Gasteiger partial charge in [0.1, 0.15) is 17.8 Å². The number of benzene rings is 2. The summed E-state index contributed by atoms with van der Waals surface area (Å²) in [5.41, 5.74) is 36.6. The Kier molecular flexibility index (Phi) is 12.2. The van der Waals surface area contributed by atoms with Crippen molar-refractivity contribution >= 4 is 29.7 Å². The number of amides is 2. The average molecular weight is 568 g/mol. The Labute approximate surface area is 239 Å². The number of phenolic OH excluding ortho intramolecular Hbond substituents is 1. The molecule has 0 spiro atoms. The smallest absolute Gasteiger partial charge is 0.245 e. The van der Waals surface area contributed by atoms with Crippen LogP contribution in [-0.4, -0.2) is 66.0 Å². The Balaban J connectivity index is 2.24. The van der Waals surface area contributed by atoms with E-state index in [2.05, 4.69) is 25.6 Å². The van der Waals surface area contributed by atoms with Gasteiger partial charge in [-0.2, -0.15) is 0 Å². The zero-order chi connectivity index (χ0) is 30.5. The van der Waals surface area contributed by atoms with Crippen LogP contribution in [0.2, 0.25) is 0 Å². The largest absolute Gasteiger partial charge is 0.508 e. The Morgan fingerprint density at radius 2 is 1.46 bits per heavy atom. The lowest BCUT2D eigenvalue weighted by molar-refractivity contribution is -0.129. The molecule has 0 saturated carbocycles. The Morgan fingerprint density at radius 1 is 0.854 bits per heavy atom. The number of hydrogen-bond acceptors (Lipinski definition) is 6. The van der Waals surface area contributed by atoms with Gasteiger partial charge in [0.25, 0.3) is 0 Å². The summed E-state index contributed by atoms with van der Waals surface area (Å²) in [5, 5.41) is 15.4. The molecule has 14 heteroatoms. The number of carbonyl (C=O) groups is 2. The molecule has 2 aromatic rings. The second kappa shape index (κ2) is 15.5. The van der Waals surface area contributed by atoms with Crippen molar-refractivity contribution in [3.8, 4) is 5.75 Å². The van der Waals surface area contributed by atoms with Crippen molar-refractivity contribution in [2.75, 3.05) is 13.1 Å². The van der Waals surface area contributed by atoms with E-state index in [9.17, 15) is 14.7 Å². The van der Waals surface area contributed by atoms with Crippen LogP contribution in [0.4, 0.5) is 0 Å². The Hall–Kier alpha value is -5.01. The zero-order valence-corrected chi connectivity index (χ0v) is 23.4. The number of nitrogens with one attached hydrogen (secondary N) is 2. The van der Waals surface area contributed by atoms with Gasteiger partial charge in [-0.05, 0) is 61.1 Å². The molecule has 2 amide bonds. The van der Waals surface area contributed by atoms with Gasteiger partial charge < -0.3 is 50.1 Å². The van der Waals surface area contributed by atoms with Gasteiger partial charge in [-0.25, -0.2) is 9.98 Å². The second-order valence-electron chi connectivity index (χ2n) is 9.63. The summed E-state index contributed by atoms with van der Waals surface area (Å²) in [6.45, 7) is 3.79. The molecule has 0 aliphatic carbocycles. The molecule has 41 heavy (non-hydrogen) atoms. The van der Waals surface area contributed by atoms with Crippen molar-refractivity contribution in [1.29, 1.82) is 0 Å². The second-order valence-corrected chi connectivity index (χ2v) is 9.63. The summed E-state index contributed by atoms with van der Waals surface area (Å²) in [5.74, 6) is -1.52. The highest BCUT2D eigenvalue weighted by molar-refractivity contribution is 5.91. The number of hydrogen-bond donors (Lipinski definition) is 9. The van der Waals surface area contributed by atoms with Crippen molar-refractivity contribution < 1.29 is 14.7 Å². The highest BCUT2D eigenvalue weighted by Crippen LogP contribution is 2.23. The Morgan fingerprint density at radius 3 is 2.02 bits per heavy atom. The fraction of sp³-hybridized carbons (Fsp3) is 0.370. The van der Waals surface area contributed by atoms with Crippen molar-refractivity contribution in [3.05, 3.63) is 64.7 Å². The van der Waals surface area contributed by atoms with Crippen molar-refractivity contribution in [1.82, 2.24) is 10.6 Å². The van der Waals surface area contributed by atoms with Crippen LogP contribution in [0, 0.1) is 13.8 Å². The predicted octanol–water partition coefficient (Wildman–Crippen LogP) is -1.66. The SMILES string of the molecule is Cc1cc(O)cc(C)c1CC(N=C(N)N)C(=O)NC(CCN=C(N)N)C(=O)NCC(Cc1ccccc1)N=C(N)N. The summed E-state index contributed by atoms with van der Waals surface area (Å²) in [4.78, 5) is 39.0. The number of aromatic hydroxyl groups is 1. The van der Waals surface area contributed by atoms with Crippen LogP contribution in [-0.2, 0) is 22.4 Å². The van der Waals surface area contributed by atoms with Gasteiger partial charge in [0.2, 0.25) is 11.8 Å². The topological polar surface area (TPSA) is 272 Å². The number of guanidine groups is 3. The lowest BCUT2D eigenvalue weighted by Gasteiger charge is -2.22. The molecular formula is C27H41N11O3. The van der Waals surface area contributed by atoms with Crippen molar-refractivity contribution in [3.63, 3.8) is 0 Å². The van der Waals surface area contributed by atoms with Crippen LogP contribution < -0.4 is 45.0 Å². The van der Waals surface area contributed by atoms with Crippen LogP contribution in [0.25, 0.3) is 0 Å². The van der Waals surface area contributed by atoms with Crippen LogP contribution in [0.3, 0.4) is 0 Å². The van der Waals surface area contributed by atoms with Gasteiger partial charge in [0.05, 0.1) is 6.04 Å². The van der Waals surface area contributed by atoms with E-state index >= 15 is 0 Å². The first-order chi connectivity index (χ1) is 19.3. The minimum absolute atomic E-state index is 0.0746. The number of rotatable bonds is 14. The van der Waals surface area contributed by atoms with E-state index in [0.717, 1.165) is 22.3 Å². The minimum Gasteiger partial charge on any atom is -0.508 e. The van der Waals surface area contributed by atoms with Crippen molar-refractivity contribution in [2.45, 2.75) is 51.2 Å². The molecule has 0 aromatic heterocycles. The van der Waals surface area contributed by atoms with Gasteiger partial charge in [-0.15, -0.1) is 0 Å². The molecule has 15 N–H and O–H groups in total. The van der Waals surface area contributed by atoms with E-state index < -0.39 is 29.9 Å². The summed E-state index contributed by atoms with van der Waals surface area (Å²) >= 11 is 0. The first kappa shape index (κ1) is 32.2.